The van der Waals surface area contributed by atoms with Crippen LogP contribution in [0.3, 0.4) is 0 Å². The molecule has 0 saturated carbocycles. The number of carbonyl (C=O) groups is 2. The Bertz CT molecular complexity index is 703. The molecule has 2 aromatic rings. The van der Waals surface area contributed by atoms with Crippen molar-refractivity contribution < 1.29 is 9.59 Å². The summed E-state index contributed by atoms with van der Waals surface area (Å²) in [5.41, 5.74) is 1.85. The van der Waals surface area contributed by atoms with Gasteiger partial charge in [-0.05, 0) is 31.0 Å². The second kappa shape index (κ2) is 9.39. The van der Waals surface area contributed by atoms with Crippen LogP contribution in [-0.2, 0) is 16.0 Å². The molecule has 6 nitrogen and oxygen atoms in total. The van der Waals surface area contributed by atoms with E-state index in [4.69, 9.17) is 0 Å². The summed E-state index contributed by atoms with van der Waals surface area (Å²) in [6.07, 6.45) is 1.86. The fourth-order valence-corrected chi connectivity index (χ4v) is 3.41. The molecule has 2 N–H and O–H groups in total. The number of hydrogen-bond acceptors (Lipinski definition) is 6. The Balaban J connectivity index is 1.69. The molecule has 1 heterocycles. The summed E-state index contributed by atoms with van der Waals surface area (Å²) in [5, 5.41) is 14.9. The van der Waals surface area contributed by atoms with Crippen molar-refractivity contribution in [2.45, 2.75) is 26.7 Å². The molecular formula is C16H20N4O2S2. The molecule has 2 rings (SSSR count). The molecule has 1 aromatic heterocycles. The number of aryl methyl sites for hydroxylation is 2. The monoisotopic (exact) mass is 364 g/mol. The molecule has 128 valence electrons. The molecule has 1 aromatic carbocycles. The van der Waals surface area contributed by atoms with E-state index in [-0.39, 0.29) is 23.3 Å². The van der Waals surface area contributed by atoms with Gasteiger partial charge in [0, 0.05) is 12.1 Å². The molecule has 0 aliphatic heterocycles. The van der Waals surface area contributed by atoms with Gasteiger partial charge in [-0.15, -0.1) is 22.0 Å². The van der Waals surface area contributed by atoms with Crippen molar-refractivity contribution in [3.8, 4) is 0 Å². The van der Waals surface area contributed by atoms with E-state index in [0.717, 1.165) is 29.1 Å². The van der Waals surface area contributed by atoms with Crippen molar-refractivity contribution in [2.24, 2.45) is 0 Å². The molecule has 0 radical (unpaired) electrons. The molecule has 0 aliphatic rings. The van der Waals surface area contributed by atoms with Crippen LogP contribution in [0, 0.1) is 6.92 Å². The van der Waals surface area contributed by atoms with E-state index < -0.39 is 0 Å². The van der Waals surface area contributed by atoms with Gasteiger partial charge in [0.15, 0.2) is 0 Å². The maximum absolute atomic E-state index is 11.9. The molecule has 2 amide bonds. The lowest BCUT2D eigenvalue weighted by molar-refractivity contribution is -0.114. The third kappa shape index (κ3) is 6.29. The third-order valence-electron chi connectivity index (χ3n) is 2.95. The van der Waals surface area contributed by atoms with Gasteiger partial charge in [-0.1, -0.05) is 30.4 Å². The summed E-state index contributed by atoms with van der Waals surface area (Å²) in [6.45, 7) is 4.03. The number of nitrogens with one attached hydrogen (secondary N) is 2. The zero-order valence-electron chi connectivity index (χ0n) is 13.7. The molecule has 0 bridgehead atoms. The van der Waals surface area contributed by atoms with Crippen molar-refractivity contribution in [3.63, 3.8) is 0 Å². The number of aromatic nitrogens is 2. The van der Waals surface area contributed by atoms with Crippen LogP contribution in [0.2, 0.25) is 0 Å². The van der Waals surface area contributed by atoms with Gasteiger partial charge in [-0.25, -0.2) is 0 Å². The van der Waals surface area contributed by atoms with Crippen molar-refractivity contribution in [1.82, 2.24) is 10.2 Å². The maximum Gasteiger partial charge on any atom is 0.236 e. The minimum atomic E-state index is -0.178. The lowest BCUT2D eigenvalue weighted by Gasteiger charge is -2.05. The molecule has 0 aliphatic carbocycles. The molecule has 0 atom stereocenters. The summed E-state index contributed by atoms with van der Waals surface area (Å²) in [4.78, 5) is 23.7. The van der Waals surface area contributed by atoms with Crippen molar-refractivity contribution in [2.75, 3.05) is 22.1 Å². The first kappa shape index (κ1) is 18.4. The van der Waals surface area contributed by atoms with Crippen LogP contribution in [0.4, 0.5) is 10.8 Å². The summed E-state index contributed by atoms with van der Waals surface area (Å²) in [5.74, 6) is 0.116. The zero-order valence-corrected chi connectivity index (χ0v) is 15.3. The van der Waals surface area contributed by atoms with Crippen molar-refractivity contribution in [3.05, 3.63) is 34.8 Å². The Morgan fingerprint density at radius 2 is 1.92 bits per heavy atom. The van der Waals surface area contributed by atoms with Gasteiger partial charge in [0.2, 0.25) is 16.9 Å². The highest BCUT2D eigenvalue weighted by Gasteiger charge is 2.09. The third-order valence-corrected chi connectivity index (χ3v) is 4.78. The van der Waals surface area contributed by atoms with Gasteiger partial charge in [0.1, 0.15) is 5.01 Å². The Hall–Kier alpha value is -1.93. The van der Waals surface area contributed by atoms with Crippen LogP contribution in [0.1, 0.15) is 23.9 Å². The number of hydrogen-bond donors (Lipinski definition) is 2. The topological polar surface area (TPSA) is 84.0 Å². The molecule has 0 fully saturated rings. The van der Waals surface area contributed by atoms with E-state index >= 15 is 0 Å². The van der Waals surface area contributed by atoms with Gasteiger partial charge in [0.25, 0.3) is 0 Å². The van der Waals surface area contributed by atoms with E-state index in [1.165, 1.54) is 23.1 Å². The minimum absolute atomic E-state index is 0.125. The van der Waals surface area contributed by atoms with Crippen molar-refractivity contribution in [1.29, 1.82) is 0 Å². The lowest BCUT2D eigenvalue weighted by Crippen LogP contribution is -2.18. The van der Waals surface area contributed by atoms with Crippen LogP contribution in [0.25, 0.3) is 0 Å². The van der Waals surface area contributed by atoms with Gasteiger partial charge in [-0.2, -0.15) is 0 Å². The number of benzene rings is 1. The molecule has 0 saturated heterocycles. The number of amides is 2. The standard InChI is InChI=1S/C16H20N4O2S2/c1-3-5-15-19-20-16(24-15)18-14(22)10-23-9-13(21)17-12-7-4-6-11(2)8-12/h4,6-8H,3,5,9-10H2,1-2H3,(H,17,21)(H,18,20,22). The first-order valence-electron chi connectivity index (χ1n) is 7.63. The SMILES string of the molecule is CCCc1nnc(NC(=O)CSCC(=O)Nc2cccc(C)c2)s1. The Morgan fingerprint density at radius 3 is 2.62 bits per heavy atom. The summed E-state index contributed by atoms with van der Waals surface area (Å²) in [6, 6.07) is 7.60. The highest BCUT2D eigenvalue weighted by Crippen LogP contribution is 2.17. The Kier molecular flexibility index (Phi) is 7.20. The molecule has 24 heavy (non-hydrogen) atoms. The average molecular weight is 364 g/mol. The van der Waals surface area contributed by atoms with Gasteiger partial charge in [-0.3, -0.25) is 14.9 Å². The maximum atomic E-state index is 11.9. The predicted molar refractivity (Wildman–Crippen MR) is 99.7 cm³/mol. The highest BCUT2D eigenvalue weighted by atomic mass is 32.2. The predicted octanol–water partition coefficient (Wildman–Crippen LogP) is 3.11. The van der Waals surface area contributed by atoms with E-state index in [2.05, 4.69) is 27.8 Å². The van der Waals surface area contributed by atoms with Gasteiger partial charge < -0.3 is 5.32 Å². The lowest BCUT2D eigenvalue weighted by atomic mass is 10.2. The van der Waals surface area contributed by atoms with Crippen LogP contribution in [0.5, 0.6) is 0 Å². The molecular weight excluding hydrogens is 344 g/mol. The number of anilines is 2. The number of nitrogens with zero attached hydrogens (tertiary/aromatic N) is 2. The van der Waals surface area contributed by atoms with E-state index in [0.29, 0.717) is 5.13 Å². The van der Waals surface area contributed by atoms with E-state index in [1.54, 1.807) is 0 Å². The fraction of sp³-hybridized carbons (Fsp3) is 0.375. The van der Waals surface area contributed by atoms with Crippen LogP contribution >= 0.6 is 23.1 Å². The minimum Gasteiger partial charge on any atom is -0.325 e. The highest BCUT2D eigenvalue weighted by molar-refractivity contribution is 8.00. The smallest absolute Gasteiger partial charge is 0.236 e. The number of thioether (sulfide) groups is 1. The number of rotatable bonds is 8. The zero-order chi connectivity index (χ0) is 17.4. The molecule has 0 spiro atoms. The summed E-state index contributed by atoms with van der Waals surface area (Å²) in [7, 11) is 0. The largest absolute Gasteiger partial charge is 0.325 e. The Labute approximate surface area is 149 Å². The molecule has 8 heteroatoms. The van der Waals surface area contributed by atoms with Crippen molar-refractivity contribution >= 4 is 45.7 Å². The van der Waals surface area contributed by atoms with Gasteiger partial charge >= 0.3 is 0 Å². The van der Waals surface area contributed by atoms with Crippen LogP contribution in [0.15, 0.2) is 24.3 Å². The number of carbonyl (C=O) groups excluding carboxylic acids is 2. The summed E-state index contributed by atoms with van der Waals surface area (Å²) < 4.78 is 0. The fourth-order valence-electron chi connectivity index (χ4n) is 1.93. The van der Waals surface area contributed by atoms with Crippen LogP contribution < -0.4 is 10.6 Å². The Morgan fingerprint density at radius 1 is 1.17 bits per heavy atom. The summed E-state index contributed by atoms with van der Waals surface area (Å²) >= 11 is 2.65. The first-order chi connectivity index (χ1) is 11.6. The normalized spacial score (nSPS) is 10.4. The second-order valence-electron chi connectivity index (χ2n) is 5.21. The van der Waals surface area contributed by atoms with E-state index in [1.807, 2.05) is 31.2 Å². The quantitative estimate of drug-likeness (QED) is 0.752. The molecule has 0 unspecified atom stereocenters. The van der Waals surface area contributed by atoms with Crippen LogP contribution in [-0.4, -0.2) is 33.5 Å². The average Bonchev–Trinajstić information content (AvgIpc) is 2.94. The van der Waals surface area contributed by atoms with Gasteiger partial charge in [0.05, 0.1) is 11.5 Å². The first-order valence-corrected chi connectivity index (χ1v) is 9.60. The van der Waals surface area contributed by atoms with E-state index in [9.17, 15) is 9.59 Å². The second-order valence-corrected chi connectivity index (χ2v) is 7.26.